The van der Waals surface area contributed by atoms with Crippen LogP contribution in [0.1, 0.15) is 10.4 Å². The van der Waals surface area contributed by atoms with Crippen molar-refractivity contribution in [2.24, 2.45) is 0 Å². The molecular weight excluding hydrogens is 316 g/mol. The van der Waals surface area contributed by atoms with Crippen LogP contribution in [0.2, 0.25) is 0 Å². The Bertz CT molecular complexity index is 551. The summed E-state index contributed by atoms with van der Waals surface area (Å²) in [6.07, 6.45) is -5.95. The first-order valence-electron chi connectivity index (χ1n) is 6.49. The van der Waals surface area contributed by atoms with Crippen LogP contribution < -0.4 is 0 Å². The van der Waals surface area contributed by atoms with E-state index < -0.39 is 42.6 Å². The molecule has 0 aromatic heterocycles. The van der Waals surface area contributed by atoms with Crippen LogP contribution in [0, 0.1) is 0 Å². The molecule has 2 rings (SSSR count). The van der Waals surface area contributed by atoms with Crippen LogP contribution in [-0.2, 0) is 14.4 Å². The Morgan fingerprint density at radius 1 is 1.22 bits per heavy atom. The molecule has 5 atom stereocenters. The van der Waals surface area contributed by atoms with E-state index >= 15 is 0 Å². The zero-order valence-electron chi connectivity index (χ0n) is 11.6. The van der Waals surface area contributed by atoms with Crippen molar-refractivity contribution in [3.8, 4) is 0 Å². The Morgan fingerprint density at radius 2 is 1.83 bits per heavy atom. The molecule has 6 N–H and O–H groups in total. The quantitative estimate of drug-likeness (QED) is 0.154. The van der Waals surface area contributed by atoms with E-state index in [0.29, 0.717) is 0 Å². The third-order valence-corrected chi connectivity index (χ3v) is 3.43. The van der Waals surface area contributed by atoms with Crippen LogP contribution in [0.4, 0.5) is 0 Å². The standard InChI is InChI=1S/C13H16O10/c14-6-8-9(15)10(16)12(18,23-20)13(19,21-8)22-11(17)7-4-2-1-3-5-7/h1-5,8-10,14-16,18-20H,6H2/t8-,9-,10+,12-,13-/m1/s1. The molecule has 1 saturated heterocycles. The fourth-order valence-corrected chi connectivity index (χ4v) is 2.09. The monoisotopic (exact) mass is 332 g/mol. The van der Waals surface area contributed by atoms with Gasteiger partial charge in [0.25, 0.3) is 0 Å². The van der Waals surface area contributed by atoms with Crippen molar-refractivity contribution in [1.82, 2.24) is 0 Å². The summed E-state index contributed by atoms with van der Waals surface area (Å²) >= 11 is 0. The fraction of sp³-hybridized carbons (Fsp3) is 0.462. The van der Waals surface area contributed by atoms with Crippen molar-refractivity contribution >= 4 is 5.97 Å². The highest BCUT2D eigenvalue weighted by Gasteiger charge is 2.69. The van der Waals surface area contributed by atoms with Crippen LogP contribution in [0.15, 0.2) is 30.3 Å². The number of ether oxygens (including phenoxy) is 2. The molecule has 0 radical (unpaired) electrons. The highest BCUT2D eigenvalue weighted by atomic mass is 17.2. The zero-order chi connectivity index (χ0) is 17.3. The molecule has 10 heteroatoms. The predicted octanol–water partition coefficient (Wildman–Crippen LogP) is -2.22. The molecule has 10 nitrogen and oxygen atoms in total. The van der Waals surface area contributed by atoms with Gasteiger partial charge in [0.2, 0.25) is 0 Å². The SMILES string of the molecule is O=C(O[C@]1(O)O[C@H](CO)[C@@H](O)[C@H](O)[C@@]1(O)OO)c1ccccc1. The molecular formula is C13H16O10. The van der Waals surface area contributed by atoms with Gasteiger partial charge in [0.05, 0.1) is 12.2 Å². The van der Waals surface area contributed by atoms with Gasteiger partial charge in [0, 0.05) is 0 Å². The topological polar surface area (TPSA) is 166 Å². The largest absolute Gasteiger partial charge is 0.400 e. The molecule has 0 aliphatic carbocycles. The number of carbonyl (C=O) groups is 1. The molecule has 0 spiro atoms. The minimum absolute atomic E-state index is 0.0500. The summed E-state index contributed by atoms with van der Waals surface area (Å²) < 4.78 is 9.32. The number of rotatable bonds is 4. The number of aliphatic hydroxyl groups excluding tert-OH is 3. The maximum Gasteiger partial charge on any atom is 0.390 e. The highest BCUT2D eigenvalue weighted by molar-refractivity contribution is 5.89. The maximum atomic E-state index is 12.0. The van der Waals surface area contributed by atoms with Crippen LogP contribution >= 0.6 is 0 Å². The van der Waals surface area contributed by atoms with Gasteiger partial charge in [0.1, 0.15) is 18.3 Å². The first-order valence-corrected chi connectivity index (χ1v) is 6.49. The van der Waals surface area contributed by atoms with Gasteiger partial charge >= 0.3 is 17.7 Å². The second kappa shape index (κ2) is 6.47. The highest BCUT2D eigenvalue weighted by Crippen LogP contribution is 2.38. The van der Waals surface area contributed by atoms with Crippen LogP contribution in [0.3, 0.4) is 0 Å². The van der Waals surface area contributed by atoms with Gasteiger partial charge in [-0.3, -0.25) is 0 Å². The molecule has 0 bridgehead atoms. The summed E-state index contributed by atoms with van der Waals surface area (Å²) in [6, 6.07) is 7.24. The lowest BCUT2D eigenvalue weighted by atomic mass is 9.94. The first kappa shape index (κ1) is 17.7. The number of aliphatic hydroxyl groups is 5. The molecule has 1 aromatic rings. The first-order chi connectivity index (χ1) is 10.8. The van der Waals surface area contributed by atoms with Crippen LogP contribution in [-0.4, -0.2) is 73.4 Å². The van der Waals surface area contributed by atoms with Gasteiger partial charge in [-0.2, -0.15) is 4.89 Å². The predicted molar refractivity (Wildman–Crippen MR) is 69.4 cm³/mol. The number of hydrogen-bond donors (Lipinski definition) is 6. The smallest absolute Gasteiger partial charge is 0.390 e. The molecule has 1 aliphatic rings. The van der Waals surface area contributed by atoms with Gasteiger partial charge in [-0.1, -0.05) is 18.2 Å². The van der Waals surface area contributed by atoms with Crippen LogP contribution in [0.5, 0.6) is 0 Å². The van der Waals surface area contributed by atoms with Crippen molar-refractivity contribution < 1.29 is 49.9 Å². The molecule has 1 aliphatic heterocycles. The second-order valence-corrected chi connectivity index (χ2v) is 4.90. The van der Waals surface area contributed by atoms with Crippen molar-refractivity contribution in [3.63, 3.8) is 0 Å². The maximum absolute atomic E-state index is 12.0. The lowest BCUT2D eigenvalue weighted by Gasteiger charge is -2.48. The Kier molecular flexibility index (Phi) is 4.98. The fourth-order valence-electron chi connectivity index (χ4n) is 2.09. The Hall–Kier alpha value is -1.63. The summed E-state index contributed by atoms with van der Waals surface area (Å²) in [5.41, 5.74) is -0.0500. The molecule has 0 amide bonds. The molecule has 0 saturated carbocycles. The number of benzene rings is 1. The third-order valence-electron chi connectivity index (χ3n) is 3.43. The Labute approximate surface area is 129 Å². The summed E-state index contributed by atoms with van der Waals surface area (Å²) in [7, 11) is 0. The average Bonchev–Trinajstić information content (AvgIpc) is 2.57. The zero-order valence-corrected chi connectivity index (χ0v) is 11.6. The molecule has 128 valence electrons. The average molecular weight is 332 g/mol. The molecule has 23 heavy (non-hydrogen) atoms. The summed E-state index contributed by atoms with van der Waals surface area (Å²) in [4.78, 5) is 15.6. The van der Waals surface area contributed by atoms with Gasteiger partial charge in [-0.15, -0.1) is 0 Å². The summed E-state index contributed by atoms with van der Waals surface area (Å²) in [5, 5.41) is 57.6. The van der Waals surface area contributed by atoms with Gasteiger partial charge < -0.3 is 35.0 Å². The van der Waals surface area contributed by atoms with E-state index in [1.807, 2.05) is 0 Å². The number of carbonyl (C=O) groups excluding carboxylic acids is 1. The summed E-state index contributed by atoms with van der Waals surface area (Å²) in [5.74, 6) is -8.01. The van der Waals surface area contributed by atoms with Gasteiger partial charge in [0.15, 0.2) is 0 Å². The molecule has 1 aromatic carbocycles. The van der Waals surface area contributed by atoms with Crippen molar-refractivity contribution in [2.75, 3.05) is 6.61 Å². The minimum atomic E-state index is -3.41. The van der Waals surface area contributed by atoms with Gasteiger partial charge in [-0.05, 0) is 12.1 Å². The third kappa shape index (κ3) is 2.94. The lowest BCUT2D eigenvalue weighted by Crippen LogP contribution is -2.75. The van der Waals surface area contributed by atoms with E-state index in [2.05, 4.69) is 9.62 Å². The van der Waals surface area contributed by atoms with Crippen LogP contribution in [0.25, 0.3) is 0 Å². The van der Waals surface area contributed by atoms with E-state index in [4.69, 9.17) is 15.1 Å². The van der Waals surface area contributed by atoms with Gasteiger partial charge in [-0.25, -0.2) is 10.1 Å². The number of esters is 1. The van der Waals surface area contributed by atoms with E-state index in [1.54, 1.807) is 6.07 Å². The van der Waals surface area contributed by atoms with Crippen molar-refractivity contribution in [1.29, 1.82) is 0 Å². The number of hydrogen-bond acceptors (Lipinski definition) is 10. The molecule has 0 unspecified atom stereocenters. The summed E-state index contributed by atoms with van der Waals surface area (Å²) in [6.45, 7) is -0.898. The molecule has 1 fully saturated rings. The molecule has 1 heterocycles. The van der Waals surface area contributed by atoms with Crippen molar-refractivity contribution in [2.45, 2.75) is 30.1 Å². The lowest BCUT2D eigenvalue weighted by molar-refractivity contribution is -0.566. The Morgan fingerprint density at radius 3 is 2.35 bits per heavy atom. The normalized spacial score (nSPS) is 37.4. The van der Waals surface area contributed by atoms with E-state index in [1.165, 1.54) is 24.3 Å². The van der Waals surface area contributed by atoms with E-state index in [9.17, 15) is 25.2 Å². The second-order valence-electron chi connectivity index (χ2n) is 4.90. The van der Waals surface area contributed by atoms with E-state index in [-0.39, 0.29) is 5.56 Å². The minimum Gasteiger partial charge on any atom is -0.400 e. The Balaban J connectivity index is 2.33. The van der Waals surface area contributed by atoms with E-state index in [0.717, 1.165) is 0 Å². The van der Waals surface area contributed by atoms with Crippen molar-refractivity contribution in [3.05, 3.63) is 35.9 Å².